The lowest BCUT2D eigenvalue weighted by Crippen LogP contribution is -2.50. The first-order valence-corrected chi connectivity index (χ1v) is 11.4. The van der Waals surface area contributed by atoms with Gasteiger partial charge in [0, 0.05) is 44.0 Å². The van der Waals surface area contributed by atoms with Gasteiger partial charge in [-0.25, -0.2) is 23.1 Å². The fraction of sp³-hybridized carbons (Fsp3) is 0.360. The van der Waals surface area contributed by atoms with E-state index in [1.165, 1.54) is 4.57 Å². The van der Waals surface area contributed by atoms with Crippen molar-refractivity contribution in [2.24, 2.45) is 14.1 Å². The standard InChI is InChI=1S/C25H25F3N6O2/c1-13-30-23-16(24(35)33(13)5)7-21(31-22(23)15-6-18(27)19(28)8-17(15)26)34-11-20(36-25(2,3)12-34)14-9-29-32(4)10-14/h6-10,20H,11-12H2,1-5H3/t20-/m1/s1. The van der Waals surface area contributed by atoms with Gasteiger partial charge in [-0.2, -0.15) is 5.10 Å². The number of benzene rings is 1. The Labute approximate surface area is 205 Å². The third-order valence-corrected chi connectivity index (χ3v) is 6.38. The van der Waals surface area contributed by atoms with Crippen molar-refractivity contribution < 1.29 is 17.9 Å². The van der Waals surface area contributed by atoms with Crippen molar-refractivity contribution in [3.05, 3.63) is 69.8 Å². The van der Waals surface area contributed by atoms with Crippen molar-refractivity contribution in [1.29, 1.82) is 0 Å². The molecule has 1 saturated heterocycles. The molecule has 8 nitrogen and oxygen atoms in total. The number of hydrogen-bond acceptors (Lipinski definition) is 6. The molecule has 0 radical (unpaired) electrons. The van der Waals surface area contributed by atoms with Gasteiger partial charge >= 0.3 is 0 Å². The van der Waals surface area contributed by atoms with Crippen molar-refractivity contribution in [2.75, 3.05) is 18.0 Å². The molecule has 3 aromatic heterocycles. The SMILES string of the molecule is Cc1nc2c(-c3cc(F)c(F)cc3F)nc(N3C[C@H](c4cnn(C)c4)OC(C)(C)C3)cc2c(=O)n1C. The van der Waals surface area contributed by atoms with Crippen LogP contribution in [0.4, 0.5) is 19.0 Å². The number of pyridine rings is 1. The number of anilines is 1. The Morgan fingerprint density at radius 3 is 2.47 bits per heavy atom. The molecule has 0 saturated carbocycles. The van der Waals surface area contributed by atoms with Crippen LogP contribution < -0.4 is 10.5 Å². The van der Waals surface area contributed by atoms with Gasteiger partial charge in [0.05, 0.1) is 23.7 Å². The number of aromatic nitrogens is 5. The molecule has 0 N–H and O–H groups in total. The van der Waals surface area contributed by atoms with Crippen molar-refractivity contribution in [1.82, 2.24) is 24.3 Å². The highest BCUT2D eigenvalue weighted by Gasteiger charge is 2.36. The molecule has 1 fully saturated rings. The van der Waals surface area contributed by atoms with Crippen LogP contribution in [-0.4, -0.2) is 43.0 Å². The third-order valence-electron chi connectivity index (χ3n) is 6.38. The van der Waals surface area contributed by atoms with E-state index in [4.69, 9.17) is 4.74 Å². The van der Waals surface area contributed by atoms with E-state index in [9.17, 15) is 18.0 Å². The van der Waals surface area contributed by atoms with E-state index >= 15 is 0 Å². The Kier molecular flexibility index (Phi) is 5.62. The summed E-state index contributed by atoms with van der Waals surface area (Å²) in [5.74, 6) is -2.80. The number of ether oxygens (including phenoxy) is 1. The quantitative estimate of drug-likeness (QED) is 0.400. The molecule has 11 heteroatoms. The first-order chi connectivity index (χ1) is 16.9. The average Bonchev–Trinajstić information content (AvgIpc) is 3.25. The summed E-state index contributed by atoms with van der Waals surface area (Å²) < 4.78 is 52.1. The van der Waals surface area contributed by atoms with E-state index in [1.54, 1.807) is 30.9 Å². The van der Waals surface area contributed by atoms with E-state index in [0.717, 1.165) is 11.6 Å². The summed E-state index contributed by atoms with van der Waals surface area (Å²) in [5.41, 5.74) is -0.295. The lowest BCUT2D eigenvalue weighted by molar-refractivity contribution is -0.0857. The Hall–Kier alpha value is -3.73. The highest BCUT2D eigenvalue weighted by atomic mass is 19.2. The molecule has 1 atom stereocenters. The maximum Gasteiger partial charge on any atom is 0.261 e. The van der Waals surface area contributed by atoms with Gasteiger partial charge in [0.25, 0.3) is 5.56 Å². The second-order valence-corrected chi connectivity index (χ2v) is 9.69. The summed E-state index contributed by atoms with van der Waals surface area (Å²) in [4.78, 5) is 24.2. The van der Waals surface area contributed by atoms with Gasteiger partial charge in [-0.05, 0) is 32.9 Å². The van der Waals surface area contributed by atoms with Gasteiger partial charge in [-0.3, -0.25) is 14.0 Å². The van der Waals surface area contributed by atoms with Crippen LogP contribution in [0.1, 0.15) is 31.3 Å². The third kappa shape index (κ3) is 4.13. The van der Waals surface area contributed by atoms with Gasteiger partial charge in [0.1, 0.15) is 34.8 Å². The maximum absolute atomic E-state index is 14.9. The molecule has 188 valence electrons. The normalized spacial score (nSPS) is 17.7. The summed E-state index contributed by atoms with van der Waals surface area (Å²) in [6.45, 7) is 6.30. The number of halogens is 3. The largest absolute Gasteiger partial charge is 0.364 e. The fourth-order valence-electron chi connectivity index (χ4n) is 4.56. The first kappa shape index (κ1) is 24.0. The number of rotatable bonds is 3. The zero-order valence-electron chi connectivity index (χ0n) is 20.5. The van der Waals surface area contributed by atoms with E-state index in [2.05, 4.69) is 15.1 Å². The second kappa shape index (κ2) is 8.44. The van der Waals surface area contributed by atoms with Gasteiger partial charge in [0.2, 0.25) is 0 Å². The number of fused-ring (bicyclic) bond motifs is 1. The molecule has 1 aromatic carbocycles. The molecule has 5 rings (SSSR count). The first-order valence-electron chi connectivity index (χ1n) is 11.4. The number of aryl methyl sites for hydroxylation is 2. The summed E-state index contributed by atoms with van der Waals surface area (Å²) >= 11 is 0. The molecule has 4 aromatic rings. The molecule has 36 heavy (non-hydrogen) atoms. The number of hydrogen-bond donors (Lipinski definition) is 0. The topological polar surface area (TPSA) is 78.1 Å². The molecule has 0 unspecified atom stereocenters. The lowest BCUT2D eigenvalue weighted by atomic mass is 10.0. The van der Waals surface area contributed by atoms with Crippen LogP contribution >= 0.6 is 0 Å². The molecule has 0 amide bonds. The predicted octanol–water partition coefficient (Wildman–Crippen LogP) is 3.81. The lowest BCUT2D eigenvalue weighted by Gasteiger charge is -2.43. The van der Waals surface area contributed by atoms with Crippen molar-refractivity contribution in [2.45, 2.75) is 32.5 Å². The van der Waals surface area contributed by atoms with Crippen LogP contribution in [0.15, 0.2) is 35.4 Å². The van der Waals surface area contributed by atoms with Crippen LogP contribution in [0, 0.1) is 24.4 Å². The molecule has 0 aliphatic carbocycles. The van der Waals surface area contributed by atoms with Gasteiger partial charge < -0.3 is 9.64 Å². The number of nitrogens with zero attached hydrogens (tertiary/aromatic N) is 6. The number of morpholine rings is 1. The zero-order chi connectivity index (χ0) is 25.9. The van der Waals surface area contributed by atoms with Crippen molar-refractivity contribution in [3.8, 4) is 11.3 Å². The molecule has 0 bridgehead atoms. The van der Waals surface area contributed by atoms with Crippen LogP contribution in [0.25, 0.3) is 22.2 Å². The van der Waals surface area contributed by atoms with Crippen molar-refractivity contribution in [3.63, 3.8) is 0 Å². The van der Waals surface area contributed by atoms with Gasteiger partial charge in [0.15, 0.2) is 11.6 Å². The minimum atomic E-state index is -1.31. The van der Waals surface area contributed by atoms with Gasteiger partial charge in [-0.1, -0.05) is 0 Å². The van der Waals surface area contributed by atoms with E-state index in [1.807, 2.05) is 32.0 Å². The summed E-state index contributed by atoms with van der Waals surface area (Å²) in [5, 5.41) is 4.42. The minimum Gasteiger partial charge on any atom is -0.364 e. The van der Waals surface area contributed by atoms with Crippen molar-refractivity contribution >= 4 is 16.7 Å². The monoisotopic (exact) mass is 498 g/mol. The van der Waals surface area contributed by atoms with Crippen LogP contribution in [0.5, 0.6) is 0 Å². The van der Waals surface area contributed by atoms with E-state index in [0.29, 0.717) is 30.8 Å². The van der Waals surface area contributed by atoms with Gasteiger partial charge in [-0.15, -0.1) is 0 Å². The molecule has 1 aliphatic heterocycles. The molecular formula is C25H25F3N6O2. The zero-order valence-corrected chi connectivity index (χ0v) is 20.5. The molecule has 1 aliphatic rings. The van der Waals surface area contributed by atoms with E-state index < -0.39 is 23.1 Å². The Morgan fingerprint density at radius 1 is 1.06 bits per heavy atom. The van der Waals surface area contributed by atoms with Crippen LogP contribution in [0.3, 0.4) is 0 Å². The Balaban J connectivity index is 1.73. The summed E-state index contributed by atoms with van der Waals surface area (Å²) in [6, 6.07) is 2.81. The second-order valence-electron chi connectivity index (χ2n) is 9.69. The average molecular weight is 499 g/mol. The van der Waals surface area contributed by atoms with Crippen LogP contribution in [0.2, 0.25) is 0 Å². The smallest absolute Gasteiger partial charge is 0.261 e. The fourth-order valence-corrected chi connectivity index (χ4v) is 4.56. The predicted molar refractivity (Wildman–Crippen MR) is 128 cm³/mol. The molecule has 0 spiro atoms. The summed E-state index contributed by atoms with van der Waals surface area (Å²) in [7, 11) is 3.39. The Bertz CT molecular complexity index is 1560. The Morgan fingerprint density at radius 2 is 1.78 bits per heavy atom. The maximum atomic E-state index is 14.9. The van der Waals surface area contributed by atoms with E-state index in [-0.39, 0.29) is 33.8 Å². The summed E-state index contributed by atoms with van der Waals surface area (Å²) in [6.07, 6.45) is 3.24. The minimum absolute atomic E-state index is 0.0399. The highest BCUT2D eigenvalue weighted by Crippen LogP contribution is 2.36. The molecular weight excluding hydrogens is 473 g/mol. The van der Waals surface area contributed by atoms with Crippen LogP contribution in [-0.2, 0) is 18.8 Å². The highest BCUT2D eigenvalue weighted by molar-refractivity contribution is 5.93. The molecule has 4 heterocycles.